The van der Waals surface area contributed by atoms with Gasteiger partial charge in [-0.3, -0.25) is 4.79 Å². The molecule has 0 aliphatic heterocycles. The van der Waals surface area contributed by atoms with E-state index in [0.717, 1.165) is 18.5 Å². The van der Waals surface area contributed by atoms with Crippen molar-refractivity contribution in [2.75, 3.05) is 20.1 Å². The largest absolute Gasteiger partial charge is 0.507 e. The van der Waals surface area contributed by atoms with Crippen LogP contribution in [-0.2, 0) is 0 Å². The lowest BCUT2D eigenvalue weighted by molar-refractivity contribution is 0.0950. The Balaban J connectivity index is 2.53. The summed E-state index contributed by atoms with van der Waals surface area (Å²) in [6.07, 6.45) is 0.870. The molecule has 0 bridgehead atoms. The van der Waals surface area contributed by atoms with E-state index >= 15 is 0 Å². The molecule has 16 heavy (non-hydrogen) atoms. The molecule has 0 saturated heterocycles. The zero-order valence-corrected chi connectivity index (χ0v) is 9.71. The third-order valence-corrected chi connectivity index (χ3v) is 2.29. The second-order valence-electron chi connectivity index (χ2n) is 3.73. The molecule has 4 heteroatoms. The predicted molar refractivity (Wildman–Crippen MR) is 63.7 cm³/mol. The lowest BCUT2D eigenvalue weighted by Crippen LogP contribution is -2.26. The van der Waals surface area contributed by atoms with Gasteiger partial charge in [-0.1, -0.05) is 6.07 Å². The number of aromatic hydroxyl groups is 1. The summed E-state index contributed by atoms with van der Waals surface area (Å²) < 4.78 is 0. The summed E-state index contributed by atoms with van der Waals surface area (Å²) in [7, 11) is 1.87. The van der Waals surface area contributed by atoms with E-state index in [-0.39, 0.29) is 11.7 Å². The second kappa shape index (κ2) is 6.12. The van der Waals surface area contributed by atoms with E-state index in [1.807, 2.05) is 20.0 Å². The van der Waals surface area contributed by atoms with Crippen molar-refractivity contribution >= 4 is 5.91 Å². The summed E-state index contributed by atoms with van der Waals surface area (Å²) in [5.74, 6) is -0.195. The van der Waals surface area contributed by atoms with E-state index in [1.165, 1.54) is 0 Å². The predicted octanol–water partition coefficient (Wildman–Crippen LogP) is 1.04. The first-order valence-corrected chi connectivity index (χ1v) is 5.37. The van der Waals surface area contributed by atoms with Crippen LogP contribution in [0.2, 0.25) is 0 Å². The number of rotatable bonds is 5. The van der Waals surface area contributed by atoms with E-state index in [1.54, 1.807) is 12.1 Å². The Morgan fingerprint density at radius 2 is 2.12 bits per heavy atom. The van der Waals surface area contributed by atoms with Gasteiger partial charge in [0.05, 0.1) is 5.56 Å². The number of phenolic OH excluding ortho intramolecular Hbond substituents is 1. The maximum atomic E-state index is 11.6. The maximum absolute atomic E-state index is 11.6. The lowest BCUT2D eigenvalue weighted by Gasteiger charge is -2.07. The maximum Gasteiger partial charge on any atom is 0.255 e. The molecule has 0 atom stereocenters. The summed E-state index contributed by atoms with van der Waals surface area (Å²) in [6, 6.07) is 5.03. The fraction of sp³-hybridized carbons (Fsp3) is 0.417. The topological polar surface area (TPSA) is 61.4 Å². The van der Waals surface area contributed by atoms with Crippen LogP contribution in [0.15, 0.2) is 18.2 Å². The Labute approximate surface area is 95.7 Å². The van der Waals surface area contributed by atoms with Gasteiger partial charge in [0.25, 0.3) is 5.91 Å². The van der Waals surface area contributed by atoms with Gasteiger partial charge in [-0.05, 0) is 44.6 Å². The Bertz CT molecular complexity index is 364. The van der Waals surface area contributed by atoms with Gasteiger partial charge < -0.3 is 15.7 Å². The smallest absolute Gasteiger partial charge is 0.255 e. The Hall–Kier alpha value is -1.55. The number of nitrogens with one attached hydrogen (secondary N) is 2. The molecule has 0 heterocycles. The molecule has 1 amide bonds. The number of aryl methyl sites for hydroxylation is 1. The van der Waals surface area contributed by atoms with Gasteiger partial charge in [-0.2, -0.15) is 0 Å². The van der Waals surface area contributed by atoms with Crippen LogP contribution in [0.5, 0.6) is 5.75 Å². The summed E-state index contributed by atoms with van der Waals surface area (Å²) in [5, 5.41) is 15.3. The van der Waals surface area contributed by atoms with E-state index in [9.17, 15) is 9.90 Å². The molecule has 0 radical (unpaired) electrons. The van der Waals surface area contributed by atoms with Gasteiger partial charge in [0.2, 0.25) is 0 Å². The van der Waals surface area contributed by atoms with Crippen molar-refractivity contribution in [3.8, 4) is 5.75 Å². The summed E-state index contributed by atoms with van der Waals surface area (Å²) in [5.41, 5.74) is 1.26. The molecule has 0 saturated carbocycles. The number of hydrogen-bond donors (Lipinski definition) is 3. The van der Waals surface area contributed by atoms with Crippen molar-refractivity contribution in [2.24, 2.45) is 0 Å². The molecule has 3 N–H and O–H groups in total. The summed E-state index contributed by atoms with van der Waals surface area (Å²) >= 11 is 0. The van der Waals surface area contributed by atoms with E-state index in [2.05, 4.69) is 10.6 Å². The van der Waals surface area contributed by atoms with Crippen molar-refractivity contribution in [3.05, 3.63) is 29.3 Å². The van der Waals surface area contributed by atoms with Crippen molar-refractivity contribution in [1.29, 1.82) is 0 Å². The molecule has 88 valence electrons. The SMILES string of the molecule is CNCCCNC(=O)c1ccc(C)cc1O. The first-order valence-electron chi connectivity index (χ1n) is 5.37. The summed E-state index contributed by atoms with van der Waals surface area (Å²) in [6.45, 7) is 3.33. The van der Waals surface area contributed by atoms with Crippen LogP contribution in [0.1, 0.15) is 22.3 Å². The van der Waals surface area contributed by atoms with Gasteiger partial charge >= 0.3 is 0 Å². The third-order valence-electron chi connectivity index (χ3n) is 2.29. The number of carbonyl (C=O) groups is 1. The lowest BCUT2D eigenvalue weighted by atomic mass is 10.1. The van der Waals surface area contributed by atoms with Crippen molar-refractivity contribution in [1.82, 2.24) is 10.6 Å². The Morgan fingerprint density at radius 1 is 1.38 bits per heavy atom. The third kappa shape index (κ3) is 3.55. The molecule has 0 spiro atoms. The molecular weight excluding hydrogens is 204 g/mol. The zero-order valence-electron chi connectivity index (χ0n) is 9.71. The van der Waals surface area contributed by atoms with E-state index in [4.69, 9.17) is 0 Å². The minimum atomic E-state index is -0.228. The quantitative estimate of drug-likeness (QED) is 0.652. The van der Waals surface area contributed by atoms with Gasteiger partial charge in [0.15, 0.2) is 0 Å². The van der Waals surface area contributed by atoms with Crippen molar-refractivity contribution in [3.63, 3.8) is 0 Å². The normalized spacial score (nSPS) is 10.1. The van der Waals surface area contributed by atoms with E-state index < -0.39 is 0 Å². The number of carbonyl (C=O) groups excluding carboxylic acids is 1. The van der Waals surface area contributed by atoms with Gasteiger partial charge in [-0.15, -0.1) is 0 Å². The van der Waals surface area contributed by atoms with Gasteiger partial charge in [0.1, 0.15) is 5.75 Å². The molecule has 0 aliphatic carbocycles. The van der Waals surface area contributed by atoms with Crippen molar-refractivity contribution < 1.29 is 9.90 Å². The number of phenols is 1. The Morgan fingerprint density at radius 3 is 2.75 bits per heavy atom. The molecule has 0 aromatic heterocycles. The van der Waals surface area contributed by atoms with Crippen LogP contribution < -0.4 is 10.6 Å². The molecule has 4 nitrogen and oxygen atoms in total. The van der Waals surface area contributed by atoms with Crippen LogP contribution in [0.3, 0.4) is 0 Å². The highest BCUT2D eigenvalue weighted by Crippen LogP contribution is 2.17. The average molecular weight is 222 g/mol. The highest BCUT2D eigenvalue weighted by molar-refractivity contribution is 5.96. The molecular formula is C12H18N2O2. The highest BCUT2D eigenvalue weighted by atomic mass is 16.3. The first kappa shape index (κ1) is 12.5. The zero-order chi connectivity index (χ0) is 12.0. The highest BCUT2D eigenvalue weighted by Gasteiger charge is 2.09. The molecule has 0 unspecified atom stereocenters. The number of benzene rings is 1. The van der Waals surface area contributed by atoms with Crippen LogP contribution >= 0.6 is 0 Å². The van der Waals surface area contributed by atoms with E-state index in [0.29, 0.717) is 12.1 Å². The molecule has 0 fully saturated rings. The molecule has 1 rings (SSSR count). The number of amides is 1. The molecule has 1 aromatic rings. The van der Waals surface area contributed by atoms with Crippen LogP contribution in [0.4, 0.5) is 0 Å². The minimum absolute atomic E-state index is 0.0334. The molecule has 0 aliphatic rings. The first-order chi connectivity index (χ1) is 7.65. The monoisotopic (exact) mass is 222 g/mol. The second-order valence-corrected chi connectivity index (χ2v) is 3.73. The minimum Gasteiger partial charge on any atom is -0.507 e. The average Bonchev–Trinajstić information content (AvgIpc) is 2.24. The standard InChI is InChI=1S/C12H18N2O2/c1-9-4-5-10(11(15)8-9)12(16)14-7-3-6-13-2/h4-5,8,13,15H,3,6-7H2,1-2H3,(H,14,16). The summed E-state index contributed by atoms with van der Waals surface area (Å²) in [4.78, 5) is 11.6. The fourth-order valence-corrected chi connectivity index (χ4v) is 1.40. The van der Waals surface area contributed by atoms with Gasteiger partial charge in [-0.25, -0.2) is 0 Å². The van der Waals surface area contributed by atoms with Crippen LogP contribution in [-0.4, -0.2) is 31.2 Å². The van der Waals surface area contributed by atoms with Crippen LogP contribution in [0.25, 0.3) is 0 Å². The Kier molecular flexibility index (Phi) is 4.79. The fourth-order valence-electron chi connectivity index (χ4n) is 1.40. The van der Waals surface area contributed by atoms with Gasteiger partial charge in [0, 0.05) is 6.54 Å². The van der Waals surface area contributed by atoms with Crippen molar-refractivity contribution in [2.45, 2.75) is 13.3 Å². The molecule has 1 aromatic carbocycles. The number of hydrogen-bond acceptors (Lipinski definition) is 3. The van der Waals surface area contributed by atoms with Crippen LogP contribution in [0, 0.1) is 6.92 Å².